The third kappa shape index (κ3) is 4.80. The van der Waals surface area contributed by atoms with Crippen LogP contribution >= 0.6 is 0 Å². The highest BCUT2D eigenvalue weighted by atomic mass is 14.6. The highest BCUT2D eigenvalue weighted by Gasteiger charge is 2.04. The summed E-state index contributed by atoms with van der Waals surface area (Å²) in [7, 11) is 0. The molecule has 0 bridgehead atoms. The monoisotopic (exact) mass is 219 g/mol. The molecule has 1 aromatic rings. The van der Waals surface area contributed by atoms with E-state index in [9.17, 15) is 0 Å². The standard InChI is InChI=1S/C15H25N/c1-3-4-5-6-7-8-15(16)14-11-9-13(2)10-12-14/h9-12,15H,3-8,16H2,1-2H3. The van der Waals surface area contributed by atoms with Crippen molar-refractivity contribution in [2.75, 3.05) is 0 Å². The summed E-state index contributed by atoms with van der Waals surface area (Å²) < 4.78 is 0. The van der Waals surface area contributed by atoms with Gasteiger partial charge in [-0.2, -0.15) is 0 Å². The molecule has 0 aliphatic heterocycles. The first-order valence-corrected chi connectivity index (χ1v) is 6.56. The summed E-state index contributed by atoms with van der Waals surface area (Å²) in [4.78, 5) is 0. The number of hydrogen-bond acceptors (Lipinski definition) is 1. The van der Waals surface area contributed by atoms with Crippen molar-refractivity contribution in [1.82, 2.24) is 0 Å². The SMILES string of the molecule is CCCCCCCC(N)c1ccc(C)cc1. The molecule has 0 spiro atoms. The topological polar surface area (TPSA) is 26.0 Å². The lowest BCUT2D eigenvalue weighted by molar-refractivity contribution is 0.555. The molecule has 1 heteroatoms. The van der Waals surface area contributed by atoms with Crippen molar-refractivity contribution in [3.63, 3.8) is 0 Å². The maximum absolute atomic E-state index is 6.16. The quantitative estimate of drug-likeness (QED) is 0.678. The number of benzene rings is 1. The van der Waals surface area contributed by atoms with Crippen molar-refractivity contribution in [2.45, 2.75) is 58.4 Å². The highest BCUT2D eigenvalue weighted by Crippen LogP contribution is 2.18. The Morgan fingerprint density at radius 2 is 1.62 bits per heavy atom. The summed E-state index contributed by atoms with van der Waals surface area (Å²) in [5.74, 6) is 0. The van der Waals surface area contributed by atoms with Crippen LogP contribution in [0.4, 0.5) is 0 Å². The molecule has 1 nitrogen and oxygen atoms in total. The molecule has 0 amide bonds. The van der Waals surface area contributed by atoms with E-state index in [4.69, 9.17) is 5.73 Å². The van der Waals surface area contributed by atoms with E-state index >= 15 is 0 Å². The van der Waals surface area contributed by atoms with E-state index in [0.29, 0.717) is 0 Å². The first-order valence-electron chi connectivity index (χ1n) is 6.56. The van der Waals surface area contributed by atoms with Crippen LogP contribution in [0.1, 0.15) is 62.6 Å². The fourth-order valence-electron chi connectivity index (χ4n) is 1.95. The van der Waals surface area contributed by atoms with Crippen LogP contribution in [0.5, 0.6) is 0 Å². The molecular weight excluding hydrogens is 194 g/mol. The number of hydrogen-bond donors (Lipinski definition) is 1. The second kappa shape index (κ2) is 7.45. The molecule has 0 aliphatic rings. The lowest BCUT2D eigenvalue weighted by atomic mass is 10.00. The summed E-state index contributed by atoms with van der Waals surface area (Å²) in [6.07, 6.45) is 7.73. The van der Waals surface area contributed by atoms with E-state index in [-0.39, 0.29) is 6.04 Å². The molecule has 0 aliphatic carbocycles. The van der Waals surface area contributed by atoms with Gasteiger partial charge in [0, 0.05) is 6.04 Å². The van der Waals surface area contributed by atoms with Gasteiger partial charge in [-0.25, -0.2) is 0 Å². The third-order valence-corrected chi connectivity index (χ3v) is 3.12. The van der Waals surface area contributed by atoms with Crippen LogP contribution in [0.3, 0.4) is 0 Å². The van der Waals surface area contributed by atoms with Crippen molar-refractivity contribution in [3.05, 3.63) is 35.4 Å². The zero-order valence-electron chi connectivity index (χ0n) is 10.7. The Balaban J connectivity index is 2.24. The Morgan fingerprint density at radius 3 is 2.25 bits per heavy atom. The fourth-order valence-corrected chi connectivity index (χ4v) is 1.95. The largest absolute Gasteiger partial charge is 0.324 e. The van der Waals surface area contributed by atoms with E-state index < -0.39 is 0 Å². The van der Waals surface area contributed by atoms with Crippen LogP contribution in [-0.4, -0.2) is 0 Å². The molecule has 0 radical (unpaired) electrons. The average molecular weight is 219 g/mol. The van der Waals surface area contributed by atoms with Crippen LogP contribution in [0.2, 0.25) is 0 Å². The Hall–Kier alpha value is -0.820. The van der Waals surface area contributed by atoms with E-state index in [1.54, 1.807) is 0 Å². The number of aryl methyl sites for hydroxylation is 1. The fraction of sp³-hybridized carbons (Fsp3) is 0.600. The van der Waals surface area contributed by atoms with Gasteiger partial charge >= 0.3 is 0 Å². The van der Waals surface area contributed by atoms with Crippen LogP contribution in [0.25, 0.3) is 0 Å². The maximum Gasteiger partial charge on any atom is 0.0294 e. The Labute approximate surface area is 100 Å². The van der Waals surface area contributed by atoms with E-state index in [1.165, 1.54) is 43.2 Å². The molecular formula is C15H25N. The number of unbranched alkanes of at least 4 members (excludes halogenated alkanes) is 4. The zero-order chi connectivity index (χ0) is 11.8. The Morgan fingerprint density at radius 1 is 1.00 bits per heavy atom. The van der Waals surface area contributed by atoms with Gasteiger partial charge in [-0.15, -0.1) is 0 Å². The van der Waals surface area contributed by atoms with Crippen LogP contribution < -0.4 is 5.73 Å². The molecule has 1 rings (SSSR count). The summed E-state index contributed by atoms with van der Waals surface area (Å²) in [6.45, 7) is 4.36. The summed E-state index contributed by atoms with van der Waals surface area (Å²) in [5, 5.41) is 0. The van der Waals surface area contributed by atoms with Gasteiger partial charge in [-0.3, -0.25) is 0 Å². The van der Waals surface area contributed by atoms with Gasteiger partial charge in [-0.05, 0) is 18.9 Å². The van der Waals surface area contributed by atoms with Gasteiger partial charge in [0.25, 0.3) is 0 Å². The van der Waals surface area contributed by atoms with E-state index in [2.05, 4.69) is 38.1 Å². The first kappa shape index (κ1) is 13.2. The number of rotatable bonds is 7. The Bertz CT molecular complexity index is 276. The molecule has 16 heavy (non-hydrogen) atoms. The summed E-state index contributed by atoms with van der Waals surface area (Å²) >= 11 is 0. The lowest BCUT2D eigenvalue weighted by Gasteiger charge is -2.12. The maximum atomic E-state index is 6.16. The highest BCUT2D eigenvalue weighted by molar-refractivity contribution is 5.23. The molecule has 0 fully saturated rings. The molecule has 0 saturated heterocycles. The summed E-state index contributed by atoms with van der Waals surface area (Å²) in [5.41, 5.74) is 8.74. The predicted octanol–water partition coefficient (Wildman–Crippen LogP) is 4.36. The van der Waals surface area contributed by atoms with Crippen molar-refractivity contribution in [1.29, 1.82) is 0 Å². The molecule has 1 aromatic carbocycles. The second-order valence-corrected chi connectivity index (χ2v) is 4.72. The van der Waals surface area contributed by atoms with Gasteiger partial charge in [0.2, 0.25) is 0 Å². The van der Waals surface area contributed by atoms with Crippen LogP contribution in [0.15, 0.2) is 24.3 Å². The van der Waals surface area contributed by atoms with Crippen molar-refractivity contribution in [3.8, 4) is 0 Å². The zero-order valence-corrected chi connectivity index (χ0v) is 10.7. The minimum Gasteiger partial charge on any atom is -0.324 e. The molecule has 1 unspecified atom stereocenters. The molecule has 0 heterocycles. The van der Waals surface area contributed by atoms with Crippen LogP contribution in [-0.2, 0) is 0 Å². The lowest BCUT2D eigenvalue weighted by Crippen LogP contribution is -2.09. The summed E-state index contributed by atoms with van der Waals surface area (Å²) in [6, 6.07) is 8.83. The molecule has 1 atom stereocenters. The molecule has 0 saturated carbocycles. The predicted molar refractivity (Wildman–Crippen MR) is 71.5 cm³/mol. The van der Waals surface area contributed by atoms with Crippen molar-refractivity contribution < 1.29 is 0 Å². The van der Waals surface area contributed by atoms with Gasteiger partial charge in [-0.1, -0.05) is 68.9 Å². The Kier molecular flexibility index (Phi) is 6.17. The minimum atomic E-state index is 0.224. The van der Waals surface area contributed by atoms with Crippen molar-refractivity contribution in [2.24, 2.45) is 5.73 Å². The van der Waals surface area contributed by atoms with Gasteiger partial charge in [0.1, 0.15) is 0 Å². The first-order chi connectivity index (χ1) is 7.74. The molecule has 0 aromatic heterocycles. The van der Waals surface area contributed by atoms with Gasteiger partial charge < -0.3 is 5.73 Å². The molecule has 90 valence electrons. The van der Waals surface area contributed by atoms with Gasteiger partial charge in [0.15, 0.2) is 0 Å². The van der Waals surface area contributed by atoms with Crippen LogP contribution in [0, 0.1) is 6.92 Å². The minimum absolute atomic E-state index is 0.224. The third-order valence-electron chi connectivity index (χ3n) is 3.12. The second-order valence-electron chi connectivity index (χ2n) is 4.72. The number of nitrogens with two attached hydrogens (primary N) is 1. The molecule has 2 N–H and O–H groups in total. The van der Waals surface area contributed by atoms with E-state index in [1.807, 2.05) is 0 Å². The average Bonchev–Trinajstić information content (AvgIpc) is 2.29. The smallest absolute Gasteiger partial charge is 0.0294 e. The van der Waals surface area contributed by atoms with Gasteiger partial charge in [0.05, 0.1) is 0 Å². The van der Waals surface area contributed by atoms with E-state index in [0.717, 1.165) is 6.42 Å². The normalized spacial score (nSPS) is 12.7. The van der Waals surface area contributed by atoms with Crippen molar-refractivity contribution >= 4 is 0 Å².